The van der Waals surface area contributed by atoms with Gasteiger partial charge in [-0.3, -0.25) is 4.79 Å². The molecule has 4 nitrogen and oxygen atoms in total. The molecule has 22 heavy (non-hydrogen) atoms. The number of benzene rings is 1. The van der Waals surface area contributed by atoms with Gasteiger partial charge in [0.2, 0.25) is 0 Å². The Bertz CT molecular complexity index is 651. The van der Waals surface area contributed by atoms with Gasteiger partial charge in [-0.2, -0.15) is 0 Å². The van der Waals surface area contributed by atoms with E-state index in [-0.39, 0.29) is 10.7 Å². The molecule has 0 saturated heterocycles. The molecule has 2 aromatic rings. The number of anilines is 2. The van der Waals surface area contributed by atoms with Crippen LogP contribution in [-0.4, -0.2) is 15.6 Å². The lowest BCUT2D eigenvalue weighted by atomic mass is 10.2. The lowest BCUT2D eigenvalue weighted by molar-refractivity contribution is 0.102. The molecule has 1 heterocycles. The van der Waals surface area contributed by atoms with Crippen LogP contribution >= 0.6 is 21.6 Å². The first-order valence-corrected chi connectivity index (χ1v) is 8.98. The van der Waals surface area contributed by atoms with E-state index in [9.17, 15) is 4.79 Å². The van der Waals surface area contributed by atoms with Gasteiger partial charge < -0.3 is 11.1 Å². The molecular weight excluding hydrogens is 314 g/mol. The topological polar surface area (TPSA) is 68.0 Å². The number of nitrogens with two attached hydrogens (primary N) is 1. The molecule has 0 radical (unpaired) electrons. The Labute approximate surface area is 138 Å². The van der Waals surface area contributed by atoms with Crippen LogP contribution in [0.1, 0.15) is 31.1 Å². The van der Waals surface area contributed by atoms with Gasteiger partial charge in [-0.05, 0) is 35.1 Å². The minimum absolute atomic E-state index is 0.160. The maximum Gasteiger partial charge on any atom is 0.257 e. The highest BCUT2D eigenvalue weighted by Gasteiger charge is 2.13. The predicted molar refractivity (Wildman–Crippen MR) is 96.2 cm³/mol. The molecule has 0 bridgehead atoms. The van der Waals surface area contributed by atoms with E-state index in [1.807, 2.05) is 18.2 Å². The first-order valence-electron chi connectivity index (χ1n) is 6.83. The Morgan fingerprint density at radius 3 is 2.50 bits per heavy atom. The quantitative estimate of drug-likeness (QED) is 0.639. The van der Waals surface area contributed by atoms with Crippen LogP contribution in [0.5, 0.6) is 0 Å². The van der Waals surface area contributed by atoms with Crippen molar-refractivity contribution >= 4 is 38.9 Å². The van der Waals surface area contributed by atoms with Gasteiger partial charge in [0.15, 0.2) is 0 Å². The average molecular weight is 333 g/mol. The number of nitrogens with zero attached hydrogens (tertiary/aromatic N) is 1. The molecule has 0 aliphatic heterocycles. The summed E-state index contributed by atoms with van der Waals surface area (Å²) in [5.41, 5.74) is 7.47. The van der Waals surface area contributed by atoms with E-state index >= 15 is 0 Å². The summed E-state index contributed by atoms with van der Waals surface area (Å²) >= 11 is 0. The monoisotopic (exact) mass is 333 g/mol. The summed E-state index contributed by atoms with van der Waals surface area (Å²) in [6, 6.07) is 10.8. The lowest BCUT2D eigenvalue weighted by Gasteiger charge is -2.15. The molecule has 116 valence electrons. The van der Waals surface area contributed by atoms with Crippen LogP contribution in [-0.2, 0) is 0 Å². The molecule has 6 heteroatoms. The third-order valence-corrected chi connectivity index (χ3v) is 5.84. The van der Waals surface area contributed by atoms with Gasteiger partial charge >= 0.3 is 0 Å². The van der Waals surface area contributed by atoms with Gasteiger partial charge in [0, 0.05) is 10.9 Å². The zero-order valence-corrected chi connectivity index (χ0v) is 14.4. The summed E-state index contributed by atoms with van der Waals surface area (Å²) in [6.07, 6.45) is 1.58. The van der Waals surface area contributed by atoms with Crippen molar-refractivity contribution in [2.24, 2.45) is 0 Å². The normalized spacial score (nSPS) is 11.2. The van der Waals surface area contributed by atoms with E-state index in [0.717, 1.165) is 5.03 Å². The minimum atomic E-state index is -0.217. The fraction of sp³-hybridized carbons (Fsp3) is 0.250. The van der Waals surface area contributed by atoms with Crippen LogP contribution < -0.4 is 11.1 Å². The number of rotatable bonds is 4. The van der Waals surface area contributed by atoms with Crippen LogP contribution in [0.15, 0.2) is 47.6 Å². The first-order chi connectivity index (χ1) is 10.3. The maximum absolute atomic E-state index is 12.2. The van der Waals surface area contributed by atoms with Crippen molar-refractivity contribution in [3.63, 3.8) is 0 Å². The molecule has 0 aliphatic rings. The van der Waals surface area contributed by atoms with E-state index in [4.69, 9.17) is 5.73 Å². The number of hydrogen-bond acceptors (Lipinski definition) is 5. The van der Waals surface area contributed by atoms with Crippen molar-refractivity contribution in [1.82, 2.24) is 4.98 Å². The highest BCUT2D eigenvalue weighted by molar-refractivity contribution is 8.77. The van der Waals surface area contributed by atoms with Gasteiger partial charge in [-0.15, -0.1) is 0 Å². The molecule has 0 spiro atoms. The highest BCUT2D eigenvalue weighted by atomic mass is 33.1. The summed E-state index contributed by atoms with van der Waals surface area (Å²) in [7, 11) is 3.35. The van der Waals surface area contributed by atoms with Gasteiger partial charge in [0.05, 0.1) is 16.9 Å². The third-order valence-electron chi connectivity index (χ3n) is 2.58. The molecule has 0 saturated carbocycles. The van der Waals surface area contributed by atoms with E-state index in [0.29, 0.717) is 16.9 Å². The largest absolute Gasteiger partial charge is 0.397 e. The number of carbonyl (C=O) groups excluding carboxylic acids is 1. The van der Waals surface area contributed by atoms with E-state index in [1.54, 1.807) is 46.0 Å². The first kappa shape index (κ1) is 16.7. The van der Waals surface area contributed by atoms with Crippen LogP contribution in [0.3, 0.4) is 0 Å². The second kappa shape index (κ2) is 7.07. The summed E-state index contributed by atoms with van der Waals surface area (Å²) in [5, 5.41) is 3.67. The smallest absolute Gasteiger partial charge is 0.257 e. The number of nitrogens with one attached hydrogen (secondary N) is 1. The third kappa shape index (κ3) is 4.96. The summed E-state index contributed by atoms with van der Waals surface area (Å²) < 4.78 is 0.160. The van der Waals surface area contributed by atoms with Crippen molar-refractivity contribution in [2.75, 3.05) is 11.1 Å². The van der Waals surface area contributed by atoms with Gasteiger partial charge in [-0.25, -0.2) is 4.98 Å². The molecule has 1 aromatic carbocycles. The SMILES string of the molecule is CC(C)(C)SSc1ccc(C(=O)Nc2ccccc2N)cn1. The van der Waals surface area contributed by atoms with Crippen LogP contribution in [0.2, 0.25) is 0 Å². The van der Waals surface area contributed by atoms with Crippen molar-refractivity contribution in [3.8, 4) is 0 Å². The van der Waals surface area contributed by atoms with Crippen molar-refractivity contribution < 1.29 is 4.79 Å². The second-order valence-corrected chi connectivity index (χ2v) is 8.68. The lowest BCUT2D eigenvalue weighted by Crippen LogP contribution is -2.13. The minimum Gasteiger partial charge on any atom is -0.397 e. The maximum atomic E-state index is 12.2. The highest BCUT2D eigenvalue weighted by Crippen LogP contribution is 2.39. The average Bonchev–Trinajstić information content (AvgIpc) is 2.47. The van der Waals surface area contributed by atoms with Gasteiger partial charge in [0.25, 0.3) is 5.91 Å². The molecular formula is C16H19N3OS2. The van der Waals surface area contributed by atoms with Crippen molar-refractivity contribution in [2.45, 2.75) is 30.5 Å². The zero-order chi connectivity index (χ0) is 16.2. The number of amides is 1. The second-order valence-electron chi connectivity index (χ2n) is 5.71. The Kier molecular flexibility index (Phi) is 5.37. The molecule has 1 aromatic heterocycles. The number of aromatic nitrogens is 1. The molecule has 0 aliphatic carbocycles. The molecule has 2 rings (SSSR count). The van der Waals surface area contributed by atoms with Crippen LogP contribution in [0, 0.1) is 0 Å². The van der Waals surface area contributed by atoms with E-state index in [1.165, 1.54) is 0 Å². The number of pyridine rings is 1. The van der Waals surface area contributed by atoms with Crippen LogP contribution in [0.25, 0.3) is 0 Å². The predicted octanol–water partition coefficient (Wildman–Crippen LogP) is 4.45. The fourth-order valence-electron chi connectivity index (χ4n) is 1.54. The van der Waals surface area contributed by atoms with E-state index < -0.39 is 0 Å². The van der Waals surface area contributed by atoms with Crippen molar-refractivity contribution in [3.05, 3.63) is 48.2 Å². The number of nitrogen functional groups attached to an aromatic ring is 1. The zero-order valence-electron chi connectivity index (χ0n) is 12.8. The molecule has 3 N–H and O–H groups in total. The Balaban J connectivity index is 2.01. The standard InChI is InChI=1S/C16H19N3OS2/c1-16(2,3)22-21-14-9-8-11(10-18-14)15(20)19-13-7-5-4-6-12(13)17/h4-10H,17H2,1-3H3,(H,19,20). The van der Waals surface area contributed by atoms with Gasteiger partial charge in [-0.1, -0.05) is 43.7 Å². The number of hydrogen-bond donors (Lipinski definition) is 2. The molecule has 1 amide bonds. The molecule has 0 unspecified atom stereocenters. The van der Waals surface area contributed by atoms with Gasteiger partial charge in [0.1, 0.15) is 5.03 Å². The van der Waals surface area contributed by atoms with E-state index in [2.05, 4.69) is 31.1 Å². The van der Waals surface area contributed by atoms with Crippen molar-refractivity contribution in [1.29, 1.82) is 0 Å². The fourth-order valence-corrected chi connectivity index (χ4v) is 3.39. The summed E-state index contributed by atoms with van der Waals surface area (Å²) in [6.45, 7) is 6.45. The Hall–Kier alpha value is -1.66. The van der Waals surface area contributed by atoms with Crippen LogP contribution in [0.4, 0.5) is 11.4 Å². The molecule has 0 atom stereocenters. The summed E-state index contributed by atoms with van der Waals surface area (Å²) in [5.74, 6) is -0.217. The Morgan fingerprint density at radius 1 is 1.18 bits per heavy atom. The molecule has 0 fully saturated rings. The number of carbonyl (C=O) groups is 1. The summed E-state index contributed by atoms with van der Waals surface area (Å²) in [4.78, 5) is 16.5. The Morgan fingerprint density at radius 2 is 1.91 bits per heavy atom. The number of para-hydroxylation sites is 2.